The van der Waals surface area contributed by atoms with Gasteiger partial charge in [-0.15, -0.1) is 0 Å². The average molecular weight is 523 g/mol. The van der Waals surface area contributed by atoms with Crippen LogP contribution in [0, 0.1) is 17.8 Å². The maximum atomic E-state index is 14.7. The highest BCUT2D eigenvalue weighted by atomic mass is 35.5. The first-order valence-corrected chi connectivity index (χ1v) is 12.7. The van der Waals surface area contributed by atoms with Crippen molar-refractivity contribution < 1.29 is 18.3 Å². The number of nitrogens with one attached hydrogen (secondary N) is 1. The number of hydrogen-bond acceptors (Lipinski definition) is 6. The van der Waals surface area contributed by atoms with Crippen LogP contribution in [0.5, 0.6) is 0 Å². The van der Waals surface area contributed by atoms with Crippen LogP contribution < -0.4 is 5.32 Å². The van der Waals surface area contributed by atoms with Crippen LogP contribution in [0.2, 0.25) is 5.02 Å². The summed E-state index contributed by atoms with van der Waals surface area (Å²) in [6, 6.07) is 3.98. The zero-order valence-corrected chi connectivity index (χ0v) is 22.0. The molecule has 0 bridgehead atoms. The second-order valence-electron chi connectivity index (χ2n) is 9.03. The van der Waals surface area contributed by atoms with Crippen molar-refractivity contribution >= 4 is 46.5 Å². The predicted molar refractivity (Wildman–Crippen MR) is 137 cm³/mol. The van der Waals surface area contributed by atoms with Gasteiger partial charge in [-0.1, -0.05) is 44.1 Å². The molecule has 2 aromatic rings. The van der Waals surface area contributed by atoms with E-state index in [-0.39, 0.29) is 28.3 Å². The number of hydrogen-bond donors (Lipinski definition) is 1. The van der Waals surface area contributed by atoms with E-state index in [0.717, 1.165) is 0 Å². The lowest BCUT2D eigenvalue weighted by Crippen LogP contribution is -2.36. The highest BCUT2D eigenvalue weighted by Crippen LogP contribution is 2.59. The summed E-state index contributed by atoms with van der Waals surface area (Å²) in [6.45, 7) is 11.4. The molecule has 1 amide bonds. The molecular formula is C25H29ClF2N4O2S. The Labute approximate surface area is 213 Å². The molecule has 0 saturated heterocycles. The van der Waals surface area contributed by atoms with Gasteiger partial charge in [-0.2, -0.15) is 4.39 Å². The molecule has 1 aliphatic carbocycles. The smallest absolute Gasteiger partial charge is 0.413 e. The van der Waals surface area contributed by atoms with Crippen LogP contribution in [0.15, 0.2) is 35.6 Å². The summed E-state index contributed by atoms with van der Waals surface area (Å²) in [5.74, 6) is -0.904. The van der Waals surface area contributed by atoms with Gasteiger partial charge in [-0.3, -0.25) is 15.3 Å². The highest BCUT2D eigenvalue weighted by molar-refractivity contribution is 8.14. The first-order valence-electron chi connectivity index (χ1n) is 11.4. The van der Waals surface area contributed by atoms with E-state index in [1.807, 2.05) is 13.8 Å². The molecule has 2 aliphatic rings. The number of aromatic nitrogens is 2. The average Bonchev–Trinajstić information content (AvgIpc) is 3.44. The van der Waals surface area contributed by atoms with E-state index in [4.69, 9.17) is 16.3 Å². The lowest BCUT2D eigenvalue weighted by atomic mass is 10.0. The molecule has 3 heterocycles. The van der Waals surface area contributed by atoms with Crippen LogP contribution in [0.3, 0.4) is 0 Å². The fraction of sp³-hybridized carbons (Fsp3) is 0.440. The van der Waals surface area contributed by atoms with Crippen molar-refractivity contribution in [1.82, 2.24) is 15.3 Å². The summed E-state index contributed by atoms with van der Waals surface area (Å²) >= 11 is 7.25. The molecule has 4 atom stereocenters. The van der Waals surface area contributed by atoms with Gasteiger partial charge in [0.15, 0.2) is 5.17 Å². The Kier molecular flexibility index (Phi) is 8.54. The molecular weight excluding hydrogens is 494 g/mol. The van der Waals surface area contributed by atoms with Crippen molar-refractivity contribution in [1.29, 1.82) is 0 Å². The van der Waals surface area contributed by atoms with Crippen molar-refractivity contribution in [3.8, 4) is 0 Å². The molecule has 6 nitrogen and oxygen atoms in total. The molecule has 4 rings (SSSR count). The lowest BCUT2D eigenvalue weighted by molar-refractivity contribution is 0.0564. The zero-order valence-electron chi connectivity index (χ0n) is 20.5. The first-order chi connectivity index (χ1) is 16.5. The van der Waals surface area contributed by atoms with E-state index >= 15 is 0 Å². The number of halogens is 3. The Morgan fingerprint density at radius 2 is 1.94 bits per heavy atom. The molecule has 35 heavy (non-hydrogen) atoms. The van der Waals surface area contributed by atoms with Crippen molar-refractivity contribution in [3.05, 3.63) is 58.4 Å². The summed E-state index contributed by atoms with van der Waals surface area (Å²) in [7, 11) is 0. The monoisotopic (exact) mass is 522 g/mol. The third-order valence-electron chi connectivity index (χ3n) is 5.31. The van der Waals surface area contributed by atoms with Gasteiger partial charge in [0.05, 0.1) is 16.8 Å². The van der Waals surface area contributed by atoms with Crippen LogP contribution in [-0.4, -0.2) is 32.1 Å². The molecule has 4 unspecified atom stereocenters. The molecule has 2 aromatic heterocycles. The van der Waals surface area contributed by atoms with Crippen molar-refractivity contribution in [2.24, 2.45) is 16.8 Å². The topological polar surface area (TPSA) is 76.5 Å². The second kappa shape index (κ2) is 11.0. The molecule has 1 aliphatic heterocycles. The van der Waals surface area contributed by atoms with Crippen LogP contribution in [0.25, 0.3) is 11.9 Å². The minimum Gasteiger partial charge on any atom is -0.444 e. The van der Waals surface area contributed by atoms with Gasteiger partial charge in [0.1, 0.15) is 11.4 Å². The largest absolute Gasteiger partial charge is 0.444 e. The van der Waals surface area contributed by atoms with Crippen molar-refractivity contribution in [2.45, 2.75) is 58.4 Å². The number of amides is 1. The lowest BCUT2D eigenvalue weighted by Gasteiger charge is -2.23. The Balaban J connectivity index is 0.00000167. The molecule has 0 aromatic carbocycles. The number of ether oxygens (including phenoxy) is 1. The zero-order chi connectivity index (χ0) is 25.9. The van der Waals surface area contributed by atoms with E-state index in [1.165, 1.54) is 48.4 Å². The third kappa shape index (κ3) is 6.79. The van der Waals surface area contributed by atoms with Crippen LogP contribution in [0.1, 0.15) is 64.4 Å². The molecule has 0 radical (unpaired) electrons. The van der Waals surface area contributed by atoms with Crippen LogP contribution in [0.4, 0.5) is 13.6 Å². The molecule has 1 fully saturated rings. The molecule has 1 saturated carbocycles. The standard InChI is InChI=1S/C23H23ClF2N4O2S.C2H6/c1-11-17-18(29-21(33-19(11)17)30-22(31)32-23(2,3)4)14-7-12(9-28-20(14)26)8-15(25)16-6-5-13(24)10-27-16;1-2/h5-11,17-19H,1-4H3,(H,29,30,31);1-2H3/b15-8+;. The van der Waals surface area contributed by atoms with E-state index in [2.05, 4.69) is 27.2 Å². The Morgan fingerprint density at radius 1 is 1.23 bits per heavy atom. The molecule has 188 valence electrons. The minimum absolute atomic E-state index is 0.0949. The number of pyridine rings is 2. The van der Waals surface area contributed by atoms with Gasteiger partial charge in [0.25, 0.3) is 0 Å². The molecule has 1 N–H and O–H groups in total. The van der Waals surface area contributed by atoms with E-state index in [9.17, 15) is 13.6 Å². The molecule has 10 heteroatoms. The highest BCUT2D eigenvalue weighted by Gasteiger charge is 2.56. The molecule has 0 spiro atoms. The van der Waals surface area contributed by atoms with Crippen LogP contribution >= 0.6 is 23.4 Å². The Hall–Kier alpha value is -2.52. The third-order valence-corrected chi connectivity index (χ3v) is 6.98. The normalized spacial score (nSPS) is 23.3. The summed E-state index contributed by atoms with van der Waals surface area (Å²) < 4.78 is 34.7. The Bertz CT molecular complexity index is 1140. The van der Waals surface area contributed by atoms with Gasteiger partial charge in [0, 0.05) is 29.1 Å². The van der Waals surface area contributed by atoms with Gasteiger partial charge in [0.2, 0.25) is 5.95 Å². The number of fused-ring (bicyclic) bond motifs is 1. The van der Waals surface area contributed by atoms with E-state index < -0.39 is 29.5 Å². The number of alkyl carbamates (subject to hydrolysis) is 1. The second-order valence-corrected chi connectivity index (χ2v) is 10.6. The summed E-state index contributed by atoms with van der Waals surface area (Å²) in [4.78, 5) is 24.6. The van der Waals surface area contributed by atoms with E-state index in [1.54, 1.807) is 20.8 Å². The number of nitrogens with zero attached hydrogens (tertiary/aromatic N) is 3. The fourth-order valence-electron chi connectivity index (χ4n) is 3.72. The minimum atomic E-state index is -0.674. The van der Waals surface area contributed by atoms with Crippen molar-refractivity contribution in [2.75, 3.05) is 0 Å². The fourth-order valence-corrected chi connectivity index (χ4v) is 5.26. The maximum Gasteiger partial charge on any atom is 0.413 e. The maximum absolute atomic E-state index is 14.7. The van der Waals surface area contributed by atoms with Crippen LogP contribution in [-0.2, 0) is 4.74 Å². The van der Waals surface area contributed by atoms with E-state index in [0.29, 0.717) is 15.8 Å². The number of rotatable bonds is 3. The van der Waals surface area contributed by atoms with Gasteiger partial charge >= 0.3 is 6.09 Å². The first kappa shape index (κ1) is 27.1. The number of aliphatic imine (C=N–C) groups is 1. The van der Waals surface area contributed by atoms with Gasteiger partial charge in [-0.25, -0.2) is 14.2 Å². The van der Waals surface area contributed by atoms with Gasteiger partial charge in [-0.05, 0) is 56.5 Å². The number of carbonyl (C=O) groups excluding carboxylic acids is 1. The summed E-state index contributed by atoms with van der Waals surface area (Å²) in [6.07, 6.45) is 3.22. The number of carbonyl (C=O) groups is 1. The SMILES string of the molecule is CC.CC1C2SC(NC(=O)OC(C)(C)C)=NC(c3cc(/C=C(/F)c4ccc(Cl)cn4)cnc3F)C12. The predicted octanol–water partition coefficient (Wildman–Crippen LogP) is 7.07. The summed E-state index contributed by atoms with van der Waals surface area (Å²) in [5.41, 5.74) is 0.0832. The number of amidine groups is 1. The summed E-state index contributed by atoms with van der Waals surface area (Å²) in [5, 5.41) is 3.62. The number of thioether (sulfide) groups is 1. The van der Waals surface area contributed by atoms with Crippen molar-refractivity contribution in [3.63, 3.8) is 0 Å². The van der Waals surface area contributed by atoms with Gasteiger partial charge < -0.3 is 4.74 Å². The quantitative estimate of drug-likeness (QED) is 0.436. The Morgan fingerprint density at radius 3 is 2.57 bits per heavy atom.